The zero-order valence-corrected chi connectivity index (χ0v) is 10.3. The van der Waals surface area contributed by atoms with E-state index in [1.807, 2.05) is 18.7 Å². The van der Waals surface area contributed by atoms with E-state index in [-0.39, 0.29) is 11.6 Å². The Labute approximate surface area is 90.7 Å². The number of ether oxygens (including phenoxy) is 1. The Morgan fingerprint density at radius 2 is 2.43 bits per heavy atom. The summed E-state index contributed by atoms with van der Waals surface area (Å²) in [4.78, 5) is 4.48. The SMILES string of the molecule is CCC1(C)CSC(=NCC(C)OC)N1. The highest BCUT2D eigenvalue weighted by atomic mass is 32.2. The standard InChI is InChI=1S/C10H20N2OS/c1-5-10(3)7-14-9(12-10)11-6-8(2)13-4/h8H,5-7H2,1-4H3,(H,11,12). The van der Waals surface area contributed by atoms with Crippen LogP contribution in [0.25, 0.3) is 0 Å². The van der Waals surface area contributed by atoms with E-state index in [4.69, 9.17) is 4.74 Å². The van der Waals surface area contributed by atoms with Gasteiger partial charge in [-0.25, -0.2) is 0 Å². The van der Waals surface area contributed by atoms with Crippen LogP contribution in [0.5, 0.6) is 0 Å². The quantitative estimate of drug-likeness (QED) is 0.779. The zero-order chi connectivity index (χ0) is 10.6. The van der Waals surface area contributed by atoms with Crippen molar-refractivity contribution < 1.29 is 4.74 Å². The fraction of sp³-hybridized carbons (Fsp3) is 0.900. The summed E-state index contributed by atoms with van der Waals surface area (Å²) < 4.78 is 5.14. The highest BCUT2D eigenvalue weighted by Gasteiger charge is 2.30. The van der Waals surface area contributed by atoms with Crippen LogP contribution in [0.4, 0.5) is 0 Å². The summed E-state index contributed by atoms with van der Waals surface area (Å²) in [6.45, 7) is 7.21. The van der Waals surface area contributed by atoms with Crippen LogP contribution >= 0.6 is 11.8 Å². The number of hydrogen-bond donors (Lipinski definition) is 1. The van der Waals surface area contributed by atoms with Crippen molar-refractivity contribution in [2.75, 3.05) is 19.4 Å². The van der Waals surface area contributed by atoms with Gasteiger partial charge in [0.25, 0.3) is 0 Å². The lowest BCUT2D eigenvalue weighted by Crippen LogP contribution is -2.39. The molecule has 0 amide bonds. The third-order valence-corrected chi connectivity index (χ3v) is 3.90. The predicted octanol–water partition coefficient (Wildman–Crippen LogP) is 1.88. The Morgan fingerprint density at radius 1 is 1.71 bits per heavy atom. The summed E-state index contributed by atoms with van der Waals surface area (Å²) >= 11 is 1.81. The van der Waals surface area contributed by atoms with Gasteiger partial charge in [-0.3, -0.25) is 4.99 Å². The predicted molar refractivity (Wildman–Crippen MR) is 63.1 cm³/mol. The fourth-order valence-electron chi connectivity index (χ4n) is 1.12. The maximum absolute atomic E-state index is 5.14. The second-order valence-electron chi connectivity index (χ2n) is 4.02. The molecule has 82 valence electrons. The Hall–Kier alpha value is -0.220. The molecule has 1 rings (SSSR count). The summed E-state index contributed by atoms with van der Waals surface area (Å²) in [6.07, 6.45) is 1.34. The topological polar surface area (TPSA) is 33.6 Å². The first-order valence-corrected chi connectivity index (χ1v) is 6.06. The second kappa shape index (κ2) is 5.03. The van der Waals surface area contributed by atoms with Crippen LogP contribution in [0.3, 0.4) is 0 Å². The van der Waals surface area contributed by atoms with Crippen molar-refractivity contribution in [3.05, 3.63) is 0 Å². The summed E-state index contributed by atoms with van der Waals surface area (Å²) in [7, 11) is 1.72. The van der Waals surface area contributed by atoms with Gasteiger partial charge < -0.3 is 10.1 Å². The Bertz CT molecular complexity index is 220. The average molecular weight is 216 g/mol. The third-order valence-electron chi connectivity index (χ3n) is 2.61. The van der Waals surface area contributed by atoms with Crippen LogP contribution in [-0.4, -0.2) is 36.2 Å². The van der Waals surface area contributed by atoms with Crippen LogP contribution in [0.1, 0.15) is 27.2 Å². The summed E-state index contributed by atoms with van der Waals surface area (Å²) in [5.41, 5.74) is 0.236. The average Bonchev–Trinajstić information content (AvgIpc) is 2.58. The van der Waals surface area contributed by atoms with Crippen molar-refractivity contribution in [1.82, 2.24) is 5.32 Å². The number of amidine groups is 1. The molecule has 0 aliphatic carbocycles. The third kappa shape index (κ3) is 3.17. The molecule has 2 unspecified atom stereocenters. The van der Waals surface area contributed by atoms with Crippen molar-refractivity contribution in [3.63, 3.8) is 0 Å². The monoisotopic (exact) mass is 216 g/mol. The molecule has 0 bridgehead atoms. The van der Waals surface area contributed by atoms with Crippen molar-refractivity contribution >= 4 is 16.9 Å². The molecule has 1 saturated heterocycles. The summed E-state index contributed by atoms with van der Waals surface area (Å²) in [6, 6.07) is 0. The van der Waals surface area contributed by atoms with E-state index < -0.39 is 0 Å². The molecule has 1 fully saturated rings. The first-order valence-electron chi connectivity index (χ1n) is 5.08. The lowest BCUT2D eigenvalue weighted by atomic mass is 10.0. The maximum atomic E-state index is 5.14. The molecule has 1 N–H and O–H groups in total. The highest BCUT2D eigenvalue weighted by molar-refractivity contribution is 8.14. The lowest BCUT2D eigenvalue weighted by Gasteiger charge is -2.20. The Morgan fingerprint density at radius 3 is 2.93 bits per heavy atom. The van der Waals surface area contributed by atoms with Gasteiger partial charge in [0.2, 0.25) is 0 Å². The molecule has 3 nitrogen and oxygen atoms in total. The van der Waals surface area contributed by atoms with Crippen LogP contribution < -0.4 is 5.32 Å². The molecule has 0 aromatic carbocycles. The molecule has 1 aliphatic rings. The van der Waals surface area contributed by atoms with Gasteiger partial charge in [-0.05, 0) is 20.3 Å². The minimum Gasteiger partial charge on any atom is -0.380 e. The van der Waals surface area contributed by atoms with E-state index in [9.17, 15) is 0 Å². The smallest absolute Gasteiger partial charge is 0.157 e. The molecule has 0 radical (unpaired) electrons. The molecule has 1 heterocycles. The normalized spacial score (nSPS) is 31.9. The molecule has 4 heteroatoms. The maximum Gasteiger partial charge on any atom is 0.157 e. The van der Waals surface area contributed by atoms with Gasteiger partial charge in [-0.2, -0.15) is 0 Å². The van der Waals surface area contributed by atoms with Gasteiger partial charge >= 0.3 is 0 Å². The fourth-order valence-corrected chi connectivity index (χ4v) is 2.34. The van der Waals surface area contributed by atoms with Crippen LogP contribution in [0, 0.1) is 0 Å². The first kappa shape index (κ1) is 11.9. The molecule has 14 heavy (non-hydrogen) atoms. The molecular formula is C10H20N2OS. The molecular weight excluding hydrogens is 196 g/mol. The molecule has 0 spiro atoms. The van der Waals surface area contributed by atoms with Gasteiger partial charge in [-0.1, -0.05) is 18.7 Å². The number of nitrogens with zero attached hydrogens (tertiary/aromatic N) is 1. The number of thioether (sulfide) groups is 1. The van der Waals surface area contributed by atoms with Crippen LogP contribution in [0.2, 0.25) is 0 Å². The van der Waals surface area contributed by atoms with E-state index in [1.54, 1.807) is 7.11 Å². The summed E-state index contributed by atoms with van der Waals surface area (Å²) in [5, 5.41) is 4.52. The lowest BCUT2D eigenvalue weighted by molar-refractivity contribution is 0.125. The van der Waals surface area contributed by atoms with E-state index >= 15 is 0 Å². The highest BCUT2D eigenvalue weighted by Crippen LogP contribution is 2.25. The first-order chi connectivity index (χ1) is 6.59. The summed E-state index contributed by atoms with van der Waals surface area (Å²) in [5.74, 6) is 1.11. The van der Waals surface area contributed by atoms with E-state index in [0.717, 1.165) is 23.9 Å². The number of nitrogens with one attached hydrogen (secondary N) is 1. The minimum absolute atomic E-state index is 0.207. The van der Waals surface area contributed by atoms with Gasteiger partial charge in [0.05, 0.1) is 12.6 Å². The molecule has 0 aromatic rings. The van der Waals surface area contributed by atoms with Crippen LogP contribution in [-0.2, 0) is 4.74 Å². The van der Waals surface area contributed by atoms with Crippen molar-refractivity contribution in [2.45, 2.75) is 38.8 Å². The zero-order valence-electron chi connectivity index (χ0n) is 9.46. The molecule has 1 aliphatic heterocycles. The second-order valence-corrected chi connectivity index (χ2v) is 4.98. The van der Waals surface area contributed by atoms with E-state index in [1.165, 1.54) is 0 Å². The van der Waals surface area contributed by atoms with Crippen molar-refractivity contribution in [3.8, 4) is 0 Å². The number of methoxy groups -OCH3 is 1. The van der Waals surface area contributed by atoms with Crippen LogP contribution in [0.15, 0.2) is 4.99 Å². The molecule has 0 aromatic heterocycles. The van der Waals surface area contributed by atoms with Gasteiger partial charge in [0, 0.05) is 18.4 Å². The number of hydrogen-bond acceptors (Lipinski definition) is 3. The largest absolute Gasteiger partial charge is 0.380 e. The van der Waals surface area contributed by atoms with Crippen molar-refractivity contribution in [2.24, 2.45) is 4.99 Å². The van der Waals surface area contributed by atoms with Gasteiger partial charge in [0.1, 0.15) is 0 Å². The van der Waals surface area contributed by atoms with E-state index in [2.05, 4.69) is 24.2 Å². The molecule has 2 atom stereocenters. The van der Waals surface area contributed by atoms with Gasteiger partial charge in [0.15, 0.2) is 5.17 Å². The Balaban J connectivity index is 2.41. The minimum atomic E-state index is 0.207. The molecule has 0 saturated carbocycles. The Kier molecular flexibility index (Phi) is 4.26. The number of rotatable bonds is 4. The van der Waals surface area contributed by atoms with E-state index in [0.29, 0.717) is 0 Å². The number of aliphatic imine (C=N–C) groups is 1. The van der Waals surface area contributed by atoms with Crippen molar-refractivity contribution in [1.29, 1.82) is 0 Å². The van der Waals surface area contributed by atoms with Gasteiger partial charge in [-0.15, -0.1) is 0 Å².